The first kappa shape index (κ1) is 30.1. The van der Waals surface area contributed by atoms with Gasteiger partial charge in [-0.2, -0.15) is 0 Å². The molecule has 8 nitrogen and oxygen atoms in total. The Morgan fingerprint density at radius 3 is 2.27 bits per heavy atom. The Morgan fingerprint density at radius 1 is 0.902 bits per heavy atom. The summed E-state index contributed by atoms with van der Waals surface area (Å²) in [5, 5.41) is 8.35. The number of aryl methyl sites for hydroxylation is 2. The van der Waals surface area contributed by atoms with Crippen LogP contribution in [0.15, 0.2) is 52.9 Å². The Balaban J connectivity index is 1.51. The predicted octanol–water partition coefficient (Wildman–Crippen LogP) is 4.83. The minimum atomic E-state index is 0.0334. The van der Waals surface area contributed by atoms with Gasteiger partial charge in [-0.3, -0.25) is 4.79 Å². The lowest BCUT2D eigenvalue weighted by atomic mass is 9.91. The van der Waals surface area contributed by atoms with Crippen LogP contribution in [0, 0.1) is 13.8 Å². The highest BCUT2D eigenvalue weighted by atomic mass is 16.5. The lowest BCUT2D eigenvalue weighted by Crippen LogP contribution is -2.26. The van der Waals surface area contributed by atoms with Gasteiger partial charge in [0.05, 0.1) is 39.6 Å². The predicted molar refractivity (Wildman–Crippen MR) is 165 cm³/mol. The summed E-state index contributed by atoms with van der Waals surface area (Å²) in [7, 11) is 5.78. The van der Waals surface area contributed by atoms with Gasteiger partial charge in [0.15, 0.2) is 0 Å². The van der Waals surface area contributed by atoms with E-state index >= 15 is 0 Å². The third-order valence-electron chi connectivity index (χ3n) is 7.01. The molecule has 1 aliphatic heterocycles. The Bertz CT molecular complexity index is 1510. The molecule has 2 N–H and O–H groups in total. The van der Waals surface area contributed by atoms with Crippen LogP contribution in [0.4, 0.5) is 5.69 Å². The summed E-state index contributed by atoms with van der Waals surface area (Å²) >= 11 is 0. The molecule has 0 spiro atoms. The van der Waals surface area contributed by atoms with Crippen LogP contribution in [0.25, 0.3) is 33.4 Å². The van der Waals surface area contributed by atoms with Crippen molar-refractivity contribution in [1.82, 2.24) is 9.89 Å². The number of hydrogen-bond donors (Lipinski definition) is 2. The molecule has 1 heterocycles. The van der Waals surface area contributed by atoms with Crippen LogP contribution in [-0.2, 0) is 14.3 Å². The number of anilines is 1. The van der Waals surface area contributed by atoms with Crippen LogP contribution in [0.5, 0.6) is 5.75 Å². The average molecular weight is 561 g/mol. The second-order valence-corrected chi connectivity index (χ2v) is 10.3. The number of rotatable bonds is 13. The van der Waals surface area contributed by atoms with E-state index in [-0.39, 0.29) is 5.91 Å². The minimum absolute atomic E-state index is 0.0334. The lowest BCUT2D eigenvalue weighted by molar-refractivity contribution is -0.121. The third kappa shape index (κ3) is 7.45. The summed E-state index contributed by atoms with van der Waals surface area (Å²) in [5.41, 5.74) is 7.31. The fraction of sp³-hybridized carbons (Fsp3) is 0.394. The van der Waals surface area contributed by atoms with Crippen molar-refractivity contribution in [1.29, 1.82) is 0 Å². The number of carbonyl (C=O) groups is 1. The number of nitrogens with zero attached hydrogens (tertiary/aromatic N) is 1. The van der Waals surface area contributed by atoms with Gasteiger partial charge < -0.3 is 29.3 Å². The first-order valence-electron chi connectivity index (χ1n) is 14.1. The van der Waals surface area contributed by atoms with E-state index < -0.39 is 0 Å². The zero-order chi connectivity index (χ0) is 29.4. The second-order valence-electron chi connectivity index (χ2n) is 10.3. The molecule has 1 amide bonds. The molecule has 41 heavy (non-hydrogen) atoms. The first-order valence-corrected chi connectivity index (χ1v) is 14.1. The van der Waals surface area contributed by atoms with Gasteiger partial charge in [-0.25, -0.2) is 4.58 Å². The summed E-state index contributed by atoms with van der Waals surface area (Å²) in [6.45, 7) is 9.19. The fourth-order valence-corrected chi connectivity index (χ4v) is 4.97. The van der Waals surface area contributed by atoms with E-state index in [1.165, 1.54) is 0 Å². The molecule has 2 aromatic rings. The van der Waals surface area contributed by atoms with Crippen molar-refractivity contribution >= 4 is 22.6 Å². The quantitative estimate of drug-likeness (QED) is 0.138. The average Bonchev–Trinajstić information content (AvgIpc) is 2.96. The van der Waals surface area contributed by atoms with Crippen molar-refractivity contribution in [2.75, 3.05) is 66.0 Å². The van der Waals surface area contributed by atoms with Crippen LogP contribution in [-0.4, -0.2) is 66.6 Å². The van der Waals surface area contributed by atoms with Crippen molar-refractivity contribution in [2.45, 2.75) is 27.2 Å². The molecule has 0 saturated heterocycles. The topological polar surface area (TPSA) is 85.0 Å². The maximum atomic E-state index is 11.2. The second kappa shape index (κ2) is 14.1. The van der Waals surface area contributed by atoms with E-state index in [4.69, 9.17) is 18.6 Å². The number of carbonyl (C=O) groups excluding carboxylic acids is 1. The summed E-state index contributed by atoms with van der Waals surface area (Å²) in [5.74, 6) is 1.78. The molecule has 1 aliphatic carbocycles. The van der Waals surface area contributed by atoms with E-state index in [1.54, 1.807) is 7.11 Å². The molecule has 0 radical (unpaired) electrons. The molecule has 0 aromatic heterocycles. The zero-order valence-corrected chi connectivity index (χ0v) is 25.1. The van der Waals surface area contributed by atoms with Gasteiger partial charge in [-0.05, 0) is 60.9 Å². The highest BCUT2D eigenvalue weighted by Gasteiger charge is 2.19. The van der Waals surface area contributed by atoms with Gasteiger partial charge in [-0.1, -0.05) is 6.92 Å². The molecule has 8 heteroatoms. The molecule has 0 unspecified atom stereocenters. The number of fused-ring (bicyclic) bond motifs is 2. The highest BCUT2D eigenvalue weighted by Crippen LogP contribution is 2.42. The molecule has 0 atom stereocenters. The number of nitrogens with one attached hydrogen (secondary N) is 2. The Morgan fingerprint density at radius 2 is 1.61 bits per heavy atom. The van der Waals surface area contributed by atoms with Gasteiger partial charge in [0.1, 0.15) is 31.2 Å². The smallest absolute Gasteiger partial charge is 0.219 e. The van der Waals surface area contributed by atoms with Crippen LogP contribution in [0.1, 0.15) is 24.5 Å². The van der Waals surface area contributed by atoms with Crippen LogP contribution in [0.3, 0.4) is 0 Å². The highest BCUT2D eigenvalue weighted by molar-refractivity contribution is 6.02. The van der Waals surface area contributed by atoms with Gasteiger partial charge in [0, 0.05) is 53.8 Å². The number of methoxy groups -OCH3 is 1. The molecule has 0 saturated carbocycles. The molecule has 2 aliphatic rings. The third-order valence-corrected chi connectivity index (χ3v) is 7.01. The molecular formula is C33H42N3O5+. The van der Waals surface area contributed by atoms with Crippen molar-refractivity contribution in [2.24, 2.45) is 0 Å². The Hall–Kier alpha value is -3.88. The largest absolute Gasteiger partial charge is 0.496 e. The van der Waals surface area contributed by atoms with Crippen molar-refractivity contribution in [3.63, 3.8) is 0 Å². The number of ether oxygens (including phenoxy) is 3. The van der Waals surface area contributed by atoms with Crippen LogP contribution >= 0.6 is 0 Å². The first-order chi connectivity index (χ1) is 19.8. The van der Waals surface area contributed by atoms with E-state index in [9.17, 15) is 4.79 Å². The maximum absolute atomic E-state index is 11.2. The maximum Gasteiger partial charge on any atom is 0.219 e. The minimum Gasteiger partial charge on any atom is -0.496 e. The van der Waals surface area contributed by atoms with Crippen molar-refractivity contribution < 1.29 is 23.4 Å². The number of amides is 1. The summed E-state index contributed by atoms with van der Waals surface area (Å²) in [6, 6.07) is 17.0. The molecule has 0 bridgehead atoms. The number of hydrogen-bond acceptors (Lipinski definition) is 6. The molecular weight excluding hydrogens is 518 g/mol. The van der Waals surface area contributed by atoms with E-state index in [0.29, 0.717) is 45.9 Å². The zero-order valence-electron chi connectivity index (χ0n) is 25.1. The van der Waals surface area contributed by atoms with Crippen molar-refractivity contribution in [3.05, 3.63) is 65.0 Å². The van der Waals surface area contributed by atoms with E-state index in [1.807, 2.05) is 21.0 Å². The van der Waals surface area contributed by atoms with E-state index in [0.717, 1.165) is 61.3 Å². The lowest BCUT2D eigenvalue weighted by Gasteiger charge is -2.18. The summed E-state index contributed by atoms with van der Waals surface area (Å²) in [4.78, 5) is 11.2. The summed E-state index contributed by atoms with van der Waals surface area (Å²) in [6.07, 6.45) is 0.485. The SMILES string of the molecule is CCC(=O)NCCOCCOCCNc1ccc2c(-c3cc(C)c(OC)c(C)c3)c3ccc(=[N+](C)C)cc-3oc2c1. The van der Waals surface area contributed by atoms with Crippen LogP contribution < -0.4 is 25.3 Å². The van der Waals surface area contributed by atoms with Gasteiger partial charge >= 0.3 is 0 Å². The molecule has 4 rings (SSSR count). The van der Waals surface area contributed by atoms with E-state index in [2.05, 4.69) is 77.6 Å². The number of benzene rings is 3. The van der Waals surface area contributed by atoms with Gasteiger partial charge in [0.2, 0.25) is 11.3 Å². The molecule has 2 aromatic carbocycles. The summed E-state index contributed by atoms with van der Waals surface area (Å²) < 4.78 is 25.4. The molecule has 218 valence electrons. The van der Waals surface area contributed by atoms with Gasteiger partial charge in [-0.15, -0.1) is 0 Å². The molecule has 0 fully saturated rings. The normalized spacial score (nSPS) is 11.2. The fourth-order valence-electron chi connectivity index (χ4n) is 4.97. The van der Waals surface area contributed by atoms with Crippen LogP contribution in [0.2, 0.25) is 0 Å². The van der Waals surface area contributed by atoms with Crippen molar-refractivity contribution in [3.8, 4) is 28.2 Å². The Labute approximate surface area is 242 Å². The standard InChI is InChI=1S/C33H41N3O5/c1-7-31(37)35-13-15-40-17-16-39-14-12-34-25-8-10-27-29(20-25)41-30-21-26(36(4)5)9-11-28(30)32(27)24-18-22(2)33(38-6)23(3)19-24/h8-11,18-21H,7,12-17H2,1-6H3,(H,35,37)/p+1. The monoisotopic (exact) mass is 560 g/mol. The van der Waals surface area contributed by atoms with Gasteiger partial charge in [0.25, 0.3) is 0 Å². The Kier molecular flexibility index (Phi) is 10.4.